The van der Waals surface area contributed by atoms with Crippen LogP contribution in [0.15, 0.2) is 22.7 Å². The molecule has 0 aliphatic carbocycles. The summed E-state index contributed by atoms with van der Waals surface area (Å²) in [6.07, 6.45) is 0. The molecule has 2 aromatic rings. The number of carboxylic acid groups (broad SMARTS) is 1. The van der Waals surface area contributed by atoms with Crippen molar-refractivity contribution in [2.75, 3.05) is 11.9 Å². The normalized spacial score (nSPS) is 10.6. The molecule has 5 heteroatoms. The fraction of sp³-hybridized carbons (Fsp3) is 0.231. The van der Waals surface area contributed by atoms with Crippen molar-refractivity contribution < 1.29 is 9.90 Å². The maximum Gasteiger partial charge on any atom is 0.322 e. The van der Waals surface area contributed by atoms with E-state index in [0.29, 0.717) is 0 Å². The molecule has 1 aromatic heterocycles. The summed E-state index contributed by atoms with van der Waals surface area (Å²) in [4.78, 5) is 15.1. The first-order valence-electron chi connectivity index (χ1n) is 5.50. The third-order valence-electron chi connectivity index (χ3n) is 2.57. The number of aliphatic carboxylic acids is 1. The van der Waals surface area contributed by atoms with Crippen molar-refractivity contribution in [1.82, 2.24) is 4.98 Å². The van der Waals surface area contributed by atoms with Crippen LogP contribution in [0.25, 0.3) is 10.9 Å². The van der Waals surface area contributed by atoms with Crippen LogP contribution in [-0.4, -0.2) is 22.6 Å². The van der Waals surface area contributed by atoms with Crippen LogP contribution in [0.2, 0.25) is 0 Å². The fourth-order valence-corrected chi connectivity index (χ4v) is 2.53. The Balaban J connectivity index is 2.60. The van der Waals surface area contributed by atoms with Gasteiger partial charge in [0.15, 0.2) is 0 Å². The molecule has 0 spiro atoms. The lowest BCUT2D eigenvalue weighted by atomic mass is 10.1. The number of carbonyl (C=O) groups is 1. The monoisotopic (exact) mass is 308 g/mol. The molecule has 94 valence electrons. The molecular weight excluding hydrogens is 296 g/mol. The van der Waals surface area contributed by atoms with Gasteiger partial charge in [-0.3, -0.25) is 9.78 Å². The van der Waals surface area contributed by atoms with Crippen LogP contribution in [-0.2, 0) is 4.79 Å². The second-order valence-electron chi connectivity index (χ2n) is 4.20. The summed E-state index contributed by atoms with van der Waals surface area (Å²) in [5, 5.41) is 12.6. The zero-order valence-corrected chi connectivity index (χ0v) is 11.7. The Labute approximate surface area is 113 Å². The highest BCUT2D eigenvalue weighted by atomic mass is 79.9. The molecule has 2 rings (SSSR count). The molecule has 0 amide bonds. The minimum atomic E-state index is -0.885. The SMILES string of the molecule is Cc1cc(Br)c2nc(C)cc(NCC(=O)O)c2c1. The number of carboxylic acids is 1. The first-order valence-corrected chi connectivity index (χ1v) is 6.30. The van der Waals surface area contributed by atoms with Gasteiger partial charge in [0.05, 0.1) is 5.52 Å². The molecule has 0 unspecified atom stereocenters. The third-order valence-corrected chi connectivity index (χ3v) is 3.17. The van der Waals surface area contributed by atoms with Crippen LogP contribution in [0.4, 0.5) is 5.69 Å². The second kappa shape index (κ2) is 4.94. The van der Waals surface area contributed by atoms with Crippen LogP contribution in [0, 0.1) is 13.8 Å². The van der Waals surface area contributed by atoms with E-state index in [-0.39, 0.29) is 6.54 Å². The number of nitrogens with zero attached hydrogens (tertiary/aromatic N) is 1. The van der Waals surface area contributed by atoms with E-state index in [2.05, 4.69) is 26.2 Å². The van der Waals surface area contributed by atoms with Crippen molar-refractivity contribution >= 4 is 38.5 Å². The number of pyridine rings is 1. The van der Waals surface area contributed by atoms with Crippen molar-refractivity contribution in [3.63, 3.8) is 0 Å². The molecule has 0 fully saturated rings. The zero-order chi connectivity index (χ0) is 13.3. The fourth-order valence-electron chi connectivity index (χ4n) is 1.87. The van der Waals surface area contributed by atoms with Crippen molar-refractivity contribution in [1.29, 1.82) is 0 Å². The van der Waals surface area contributed by atoms with E-state index in [1.807, 2.05) is 32.0 Å². The molecule has 0 radical (unpaired) electrons. The van der Waals surface area contributed by atoms with Crippen LogP contribution in [0.5, 0.6) is 0 Å². The molecular formula is C13H13BrN2O2. The number of nitrogens with one attached hydrogen (secondary N) is 1. The lowest BCUT2D eigenvalue weighted by Gasteiger charge is -2.11. The first kappa shape index (κ1) is 12.8. The molecule has 0 aliphatic rings. The Hall–Kier alpha value is -1.62. The summed E-state index contributed by atoms with van der Waals surface area (Å²) >= 11 is 3.49. The van der Waals surface area contributed by atoms with Gasteiger partial charge in [0.2, 0.25) is 0 Å². The van der Waals surface area contributed by atoms with E-state index < -0.39 is 5.97 Å². The Kier molecular flexibility index (Phi) is 3.52. The Bertz CT molecular complexity index is 626. The van der Waals surface area contributed by atoms with Gasteiger partial charge in [0, 0.05) is 21.2 Å². The summed E-state index contributed by atoms with van der Waals surface area (Å²) in [5.41, 5.74) is 3.58. The number of anilines is 1. The Morgan fingerprint density at radius 1 is 1.39 bits per heavy atom. The van der Waals surface area contributed by atoms with Crippen LogP contribution < -0.4 is 5.32 Å². The lowest BCUT2D eigenvalue weighted by molar-refractivity contribution is -0.134. The lowest BCUT2D eigenvalue weighted by Crippen LogP contribution is -2.12. The van der Waals surface area contributed by atoms with Crippen LogP contribution in [0.1, 0.15) is 11.3 Å². The number of rotatable bonds is 3. The van der Waals surface area contributed by atoms with Gasteiger partial charge >= 0.3 is 5.97 Å². The number of aryl methyl sites for hydroxylation is 2. The van der Waals surface area contributed by atoms with Crippen molar-refractivity contribution in [2.45, 2.75) is 13.8 Å². The van der Waals surface area contributed by atoms with E-state index >= 15 is 0 Å². The summed E-state index contributed by atoms with van der Waals surface area (Å²) in [6.45, 7) is 3.77. The smallest absolute Gasteiger partial charge is 0.322 e. The molecule has 18 heavy (non-hydrogen) atoms. The highest BCUT2D eigenvalue weighted by molar-refractivity contribution is 9.10. The largest absolute Gasteiger partial charge is 0.480 e. The minimum Gasteiger partial charge on any atom is -0.480 e. The Morgan fingerprint density at radius 2 is 2.11 bits per heavy atom. The summed E-state index contributed by atoms with van der Waals surface area (Å²) in [6, 6.07) is 5.85. The van der Waals surface area contributed by atoms with Crippen molar-refractivity contribution in [3.05, 3.63) is 33.9 Å². The average Bonchev–Trinajstić information content (AvgIpc) is 2.27. The number of aromatic nitrogens is 1. The third kappa shape index (κ3) is 2.61. The van der Waals surface area contributed by atoms with Gasteiger partial charge in [-0.25, -0.2) is 0 Å². The van der Waals surface area contributed by atoms with Gasteiger partial charge in [-0.1, -0.05) is 0 Å². The average molecular weight is 309 g/mol. The Morgan fingerprint density at radius 3 is 2.78 bits per heavy atom. The quantitative estimate of drug-likeness (QED) is 0.914. The predicted octanol–water partition coefficient (Wildman–Crippen LogP) is 3.11. The number of hydrogen-bond donors (Lipinski definition) is 2. The number of benzene rings is 1. The molecule has 4 nitrogen and oxygen atoms in total. The molecule has 0 saturated carbocycles. The van der Waals surface area contributed by atoms with Gasteiger partial charge in [-0.05, 0) is 53.5 Å². The molecule has 1 aromatic carbocycles. The van der Waals surface area contributed by atoms with Crippen molar-refractivity contribution in [2.24, 2.45) is 0 Å². The van der Waals surface area contributed by atoms with E-state index in [1.165, 1.54) is 0 Å². The predicted molar refractivity (Wildman–Crippen MR) is 75.0 cm³/mol. The molecule has 2 N–H and O–H groups in total. The molecule has 0 atom stereocenters. The van der Waals surface area contributed by atoms with Gasteiger partial charge in [-0.15, -0.1) is 0 Å². The van der Waals surface area contributed by atoms with Gasteiger partial charge < -0.3 is 10.4 Å². The van der Waals surface area contributed by atoms with E-state index in [1.54, 1.807) is 0 Å². The van der Waals surface area contributed by atoms with E-state index in [4.69, 9.17) is 5.11 Å². The highest BCUT2D eigenvalue weighted by Gasteiger charge is 2.08. The van der Waals surface area contributed by atoms with Gasteiger partial charge in [0.25, 0.3) is 0 Å². The molecule has 0 aliphatic heterocycles. The molecule has 1 heterocycles. The standard InChI is InChI=1S/C13H13BrN2O2/c1-7-3-9-11(15-6-12(17)18)5-8(2)16-13(9)10(14)4-7/h3-5H,6H2,1-2H3,(H,15,16)(H,17,18). The number of fused-ring (bicyclic) bond motifs is 1. The topological polar surface area (TPSA) is 62.2 Å². The van der Waals surface area contributed by atoms with Gasteiger partial charge in [0.1, 0.15) is 6.54 Å². The van der Waals surface area contributed by atoms with Crippen LogP contribution >= 0.6 is 15.9 Å². The summed E-state index contributed by atoms with van der Waals surface area (Å²) in [5.74, 6) is -0.885. The molecule has 0 saturated heterocycles. The summed E-state index contributed by atoms with van der Waals surface area (Å²) in [7, 11) is 0. The maximum absolute atomic E-state index is 10.6. The van der Waals surface area contributed by atoms with Crippen molar-refractivity contribution in [3.8, 4) is 0 Å². The zero-order valence-electron chi connectivity index (χ0n) is 10.1. The summed E-state index contributed by atoms with van der Waals surface area (Å²) < 4.78 is 0.916. The minimum absolute atomic E-state index is 0.107. The number of hydrogen-bond acceptors (Lipinski definition) is 3. The molecule has 0 bridgehead atoms. The first-order chi connectivity index (χ1) is 8.47. The van der Waals surface area contributed by atoms with E-state index in [0.717, 1.165) is 32.3 Å². The number of halogens is 1. The highest BCUT2D eigenvalue weighted by Crippen LogP contribution is 2.30. The van der Waals surface area contributed by atoms with Crippen LogP contribution in [0.3, 0.4) is 0 Å². The van der Waals surface area contributed by atoms with Gasteiger partial charge in [-0.2, -0.15) is 0 Å². The second-order valence-corrected chi connectivity index (χ2v) is 5.06. The van der Waals surface area contributed by atoms with E-state index in [9.17, 15) is 4.79 Å². The maximum atomic E-state index is 10.6.